The normalized spacial score (nSPS) is 37.8. The van der Waals surface area contributed by atoms with Crippen molar-refractivity contribution in [3.63, 3.8) is 0 Å². The van der Waals surface area contributed by atoms with E-state index in [0.29, 0.717) is 0 Å². The van der Waals surface area contributed by atoms with Gasteiger partial charge in [-0.25, -0.2) is 0 Å². The molecule has 0 amide bonds. The molecule has 0 fully saturated rings. The van der Waals surface area contributed by atoms with Crippen molar-refractivity contribution in [3.8, 4) is 0 Å². The summed E-state index contributed by atoms with van der Waals surface area (Å²) in [5, 5.41) is 0. The highest BCUT2D eigenvalue weighted by atomic mass is 127. The fraction of sp³-hybridized carbons (Fsp3) is 0.714. The van der Waals surface area contributed by atoms with E-state index < -0.39 is 0 Å². The highest BCUT2D eigenvalue weighted by molar-refractivity contribution is 14.1. The highest BCUT2D eigenvalue weighted by Crippen LogP contribution is 2.22. The Balaban J connectivity index is 2.42. The van der Waals surface area contributed by atoms with Crippen LogP contribution < -0.4 is 0 Å². The molecule has 0 N–H and O–H groups in total. The number of rotatable bonds is 0. The van der Waals surface area contributed by atoms with Gasteiger partial charge in [-0.1, -0.05) is 41.7 Å². The van der Waals surface area contributed by atoms with Crippen LogP contribution in [-0.4, -0.2) is 3.92 Å². The molecule has 2 atom stereocenters. The summed E-state index contributed by atoms with van der Waals surface area (Å²) < 4.78 is 0.896. The number of alkyl halides is 1. The maximum atomic E-state index is 2.52. The molecule has 0 nitrogen and oxygen atoms in total. The van der Waals surface area contributed by atoms with Gasteiger partial charge in [-0.15, -0.1) is 0 Å². The predicted molar refractivity (Wildman–Crippen MR) is 45.3 cm³/mol. The second-order valence-electron chi connectivity index (χ2n) is 2.47. The van der Waals surface area contributed by atoms with Gasteiger partial charge in [-0.2, -0.15) is 0 Å². The van der Waals surface area contributed by atoms with Crippen LogP contribution in [0.3, 0.4) is 0 Å². The van der Waals surface area contributed by atoms with Crippen molar-refractivity contribution in [2.75, 3.05) is 0 Å². The molecule has 1 heteroatoms. The molecular weight excluding hydrogens is 211 g/mol. The van der Waals surface area contributed by atoms with Crippen LogP contribution in [0.15, 0.2) is 12.2 Å². The third kappa shape index (κ3) is 1.77. The quantitative estimate of drug-likeness (QED) is 0.336. The Hall–Kier alpha value is 0.470. The molecule has 46 valence electrons. The van der Waals surface area contributed by atoms with Crippen molar-refractivity contribution in [1.29, 1.82) is 0 Å². The minimum Gasteiger partial charge on any atom is -0.0872 e. The van der Waals surface area contributed by atoms with Gasteiger partial charge < -0.3 is 0 Å². The van der Waals surface area contributed by atoms with Crippen LogP contribution in [0.2, 0.25) is 0 Å². The first-order valence-electron chi connectivity index (χ1n) is 3.10. The van der Waals surface area contributed by atoms with Crippen molar-refractivity contribution in [2.45, 2.75) is 23.7 Å². The van der Waals surface area contributed by atoms with Gasteiger partial charge in [0.25, 0.3) is 0 Å². The van der Waals surface area contributed by atoms with Crippen molar-refractivity contribution in [1.82, 2.24) is 0 Å². The lowest BCUT2D eigenvalue weighted by atomic mass is 9.98. The van der Waals surface area contributed by atoms with E-state index in [1.54, 1.807) is 0 Å². The molecule has 0 aliphatic heterocycles. The monoisotopic (exact) mass is 222 g/mol. The fourth-order valence-electron chi connectivity index (χ4n) is 1.04. The Morgan fingerprint density at radius 3 is 2.75 bits per heavy atom. The summed E-state index contributed by atoms with van der Waals surface area (Å²) in [6.45, 7) is 2.28. The fourth-order valence-corrected chi connectivity index (χ4v) is 2.13. The van der Waals surface area contributed by atoms with Crippen molar-refractivity contribution >= 4 is 22.6 Å². The molecule has 1 aliphatic rings. The standard InChI is InChI=1S/C7H11I/c1-6-3-2-4-7(8)5-6/h2-3,6-7H,4-5H2,1H3. The summed E-state index contributed by atoms with van der Waals surface area (Å²) in [6.07, 6.45) is 7.27. The van der Waals surface area contributed by atoms with E-state index in [-0.39, 0.29) is 0 Å². The summed E-state index contributed by atoms with van der Waals surface area (Å²) >= 11 is 2.52. The third-order valence-corrected chi connectivity index (χ3v) is 2.50. The van der Waals surface area contributed by atoms with Gasteiger partial charge in [0.05, 0.1) is 0 Å². The van der Waals surface area contributed by atoms with E-state index in [1.807, 2.05) is 0 Å². The molecule has 0 aromatic rings. The average molecular weight is 222 g/mol. The number of hydrogen-bond donors (Lipinski definition) is 0. The molecule has 2 unspecified atom stereocenters. The average Bonchev–Trinajstić information content (AvgIpc) is 1.64. The van der Waals surface area contributed by atoms with Gasteiger partial charge in [0, 0.05) is 3.92 Å². The Morgan fingerprint density at radius 1 is 1.62 bits per heavy atom. The highest BCUT2D eigenvalue weighted by Gasteiger charge is 2.09. The van der Waals surface area contributed by atoms with E-state index in [0.717, 1.165) is 9.84 Å². The summed E-state index contributed by atoms with van der Waals surface area (Å²) in [4.78, 5) is 0. The van der Waals surface area contributed by atoms with Crippen LogP contribution in [-0.2, 0) is 0 Å². The number of halogens is 1. The molecule has 0 heterocycles. The molecule has 0 spiro atoms. The largest absolute Gasteiger partial charge is 0.0872 e. The van der Waals surface area contributed by atoms with Gasteiger partial charge in [0.2, 0.25) is 0 Å². The lowest BCUT2D eigenvalue weighted by Gasteiger charge is -2.15. The van der Waals surface area contributed by atoms with Crippen LogP contribution in [0.1, 0.15) is 19.8 Å². The van der Waals surface area contributed by atoms with Crippen molar-refractivity contribution < 1.29 is 0 Å². The smallest absolute Gasteiger partial charge is 0.0150 e. The number of allylic oxidation sites excluding steroid dienone is 2. The van der Waals surface area contributed by atoms with Crippen LogP contribution in [0, 0.1) is 5.92 Å². The first kappa shape index (κ1) is 6.59. The molecule has 0 aromatic heterocycles. The van der Waals surface area contributed by atoms with Gasteiger partial charge in [0.15, 0.2) is 0 Å². The van der Waals surface area contributed by atoms with Crippen LogP contribution in [0.25, 0.3) is 0 Å². The zero-order valence-electron chi connectivity index (χ0n) is 5.10. The molecule has 0 radical (unpaired) electrons. The van der Waals surface area contributed by atoms with Crippen LogP contribution in [0.5, 0.6) is 0 Å². The van der Waals surface area contributed by atoms with E-state index in [4.69, 9.17) is 0 Å². The van der Waals surface area contributed by atoms with E-state index in [2.05, 4.69) is 41.7 Å². The minimum atomic E-state index is 0.825. The Labute approximate surface area is 64.5 Å². The number of hydrogen-bond acceptors (Lipinski definition) is 0. The summed E-state index contributed by atoms with van der Waals surface area (Å²) in [7, 11) is 0. The van der Waals surface area contributed by atoms with Crippen molar-refractivity contribution in [2.24, 2.45) is 5.92 Å². The van der Waals surface area contributed by atoms with E-state index in [9.17, 15) is 0 Å². The van der Waals surface area contributed by atoms with Gasteiger partial charge in [-0.3, -0.25) is 0 Å². The van der Waals surface area contributed by atoms with Gasteiger partial charge in [0.1, 0.15) is 0 Å². The molecule has 0 bridgehead atoms. The topological polar surface area (TPSA) is 0 Å². The van der Waals surface area contributed by atoms with Gasteiger partial charge in [-0.05, 0) is 18.8 Å². The third-order valence-electron chi connectivity index (χ3n) is 1.48. The SMILES string of the molecule is CC1C=CCC(I)C1. The zero-order chi connectivity index (χ0) is 5.98. The predicted octanol–water partition coefficient (Wildman–Crippen LogP) is 2.78. The summed E-state index contributed by atoms with van der Waals surface area (Å²) in [6, 6.07) is 0. The first-order chi connectivity index (χ1) is 3.79. The lowest BCUT2D eigenvalue weighted by molar-refractivity contribution is 0.610. The lowest BCUT2D eigenvalue weighted by Crippen LogP contribution is -2.06. The van der Waals surface area contributed by atoms with E-state index in [1.165, 1.54) is 12.8 Å². The van der Waals surface area contributed by atoms with Gasteiger partial charge >= 0.3 is 0 Å². The molecule has 1 rings (SSSR count). The molecule has 0 saturated carbocycles. The second-order valence-corrected chi connectivity index (χ2v) is 4.24. The first-order valence-corrected chi connectivity index (χ1v) is 4.34. The van der Waals surface area contributed by atoms with Crippen LogP contribution >= 0.6 is 22.6 Å². The minimum absolute atomic E-state index is 0.825. The van der Waals surface area contributed by atoms with Crippen LogP contribution in [0.4, 0.5) is 0 Å². The van der Waals surface area contributed by atoms with Crippen molar-refractivity contribution in [3.05, 3.63) is 12.2 Å². The molecule has 0 saturated heterocycles. The summed E-state index contributed by atoms with van der Waals surface area (Å²) in [5.74, 6) is 0.825. The Morgan fingerprint density at radius 2 is 2.38 bits per heavy atom. The molecule has 8 heavy (non-hydrogen) atoms. The zero-order valence-corrected chi connectivity index (χ0v) is 7.26. The summed E-state index contributed by atoms with van der Waals surface area (Å²) in [5.41, 5.74) is 0. The molecular formula is C7H11I. The Kier molecular flexibility index (Phi) is 2.35. The Bertz CT molecular complexity index is 96.6. The molecule has 0 aromatic carbocycles. The molecule has 1 aliphatic carbocycles. The maximum Gasteiger partial charge on any atom is 0.0150 e. The second kappa shape index (κ2) is 2.85. The maximum absolute atomic E-state index is 2.52. The van der Waals surface area contributed by atoms with E-state index >= 15 is 0 Å².